The van der Waals surface area contributed by atoms with Crippen LogP contribution < -0.4 is 0 Å². The lowest BCUT2D eigenvalue weighted by Gasteiger charge is -1.94. The predicted octanol–water partition coefficient (Wildman–Crippen LogP) is 2.90. The molecule has 76 valence electrons. The summed E-state index contributed by atoms with van der Waals surface area (Å²) in [6, 6.07) is 12.3. The molecule has 0 spiro atoms. The smallest absolute Gasteiger partial charge is 0.0593 e. The zero-order chi connectivity index (χ0) is 10.5. The molecule has 0 radical (unpaired) electrons. The molecule has 2 rings (SSSR count). The minimum atomic E-state index is 0.822. The normalized spacial score (nSPS) is 11.0. The number of allylic oxidation sites excluding steroid dienone is 1. The Balaban J connectivity index is 1.96. The van der Waals surface area contributed by atoms with Gasteiger partial charge in [0.05, 0.1) is 12.2 Å². The molecule has 1 aromatic carbocycles. The summed E-state index contributed by atoms with van der Waals surface area (Å²) in [6.45, 7) is 2.82. The van der Waals surface area contributed by atoms with E-state index in [-0.39, 0.29) is 0 Å². The van der Waals surface area contributed by atoms with Gasteiger partial charge in [-0.25, -0.2) is 0 Å². The second kappa shape index (κ2) is 4.60. The molecule has 0 fully saturated rings. The van der Waals surface area contributed by atoms with Crippen LogP contribution >= 0.6 is 0 Å². The van der Waals surface area contributed by atoms with E-state index in [0.717, 1.165) is 12.2 Å². The Morgan fingerprint density at radius 2 is 2.00 bits per heavy atom. The molecule has 0 saturated carbocycles. The van der Waals surface area contributed by atoms with Gasteiger partial charge >= 0.3 is 0 Å². The van der Waals surface area contributed by atoms with E-state index in [1.807, 2.05) is 42.1 Å². The molecule has 0 unspecified atom stereocenters. The summed E-state index contributed by atoms with van der Waals surface area (Å²) in [5, 5.41) is 4.31. The van der Waals surface area contributed by atoms with Gasteiger partial charge in [0.1, 0.15) is 0 Å². The summed E-state index contributed by atoms with van der Waals surface area (Å²) in [4.78, 5) is 0. The molecular formula is C13H14N2. The van der Waals surface area contributed by atoms with Gasteiger partial charge in [-0.1, -0.05) is 42.5 Å². The van der Waals surface area contributed by atoms with Crippen molar-refractivity contribution in [3.63, 3.8) is 0 Å². The Labute approximate surface area is 89.9 Å². The zero-order valence-electron chi connectivity index (χ0n) is 8.80. The van der Waals surface area contributed by atoms with Crippen molar-refractivity contribution in [2.24, 2.45) is 0 Å². The maximum atomic E-state index is 4.31. The Bertz CT molecular complexity index is 441. The number of benzene rings is 1. The van der Waals surface area contributed by atoms with Gasteiger partial charge in [0.2, 0.25) is 0 Å². The third-order valence-electron chi connectivity index (χ3n) is 2.18. The van der Waals surface area contributed by atoms with E-state index in [0.29, 0.717) is 0 Å². The van der Waals surface area contributed by atoms with Gasteiger partial charge in [0.15, 0.2) is 0 Å². The third kappa shape index (κ3) is 2.81. The molecule has 0 N–H and O–H groups in total. The van der Waals surface area contributed by atoms with E-state index in [1.165, 1.54) is 5.56 Å². The lowest BCUT2D eigenvalue weighted by atomic mass is 10.2. The highest BCUT2D eigenvalue weighted by Crippen LogP contribution is 2.01. The molecular weight excluding hydrogens is 184 g/mol. The van der Waals surface area contributed by atoms with E-state index in [1.54, 1.807) is 0 Å². The Morgan fingerprint density at radius 3 is 2.67 bits per heavy atom. The molecule has 15 heavy (non-hydrogen) atoms. The molecule has 2 aromatic rings. The standard InChI is InChI=1S/C13H14N2/c1-12-9-11-15(14-12)10-5-8-13-6-3-2-4-7-13/h2-9,11H,10H2,1H3. The fourth-order valence-electron chi connectivity index (χ4n) is 1.43. The first-order valence-corrected chi connectivity index (χ1v) is 5.06. The topological polar surface area (TPSA) is 17.8 Å². The number of hydrogen-bond donors (Lipinski definition) is 0. The molecule has 0 aliphatic heterocycles. The van der Waals surface area contributed by atoms with Gasteiger partial charge in [-0.2, -0.15) is 5.10 Å². The van der Waals surface area contributed by atoms with Crippen LogP contribution in [0.5, 0.6) is 0 Å². The first kappa shape index (κ1) is 9.71. The highest BCUT2D eigenvalue weighted by molar-refractivity contribution is 5.48. The number of rotatable bonds is 3. The molecule has 0 aliphatic carbocycles. The van der Waals surface area contributed by atoms with Crippen molar-refractivity contribution < 1.29 is 0 Å². The Morgan fingerprint density at radius 1 is 1.20 bits per heavy atom. The SMILES string of the molecule is Cc1ccn(CC=Cc2ccccc2)n1. The van der Waals surface area contributed by atoms with Crippen molar-refractivity contribution in [1.82, 2.24) is 9.78 Å². The molecule has 0 amide bonds. The number of aromatic nitrogens is 2. The van der Waals surface area contributed by atoms with E-state index < -0.39 is 0 Å². The van der Waals surface area contributed by atoms with Crippen LogP contribution in [0.1, 0.15) is 11.3 Å². The summed E-state index contributed by atoms with van der Waals surface area (Å²) in [5.41, 5.74) is 2.28. The third-order valence-corrected chi connectivity index (χ3v) is 2.18. The van der Waals surface area contributed by atoms with Crippen molar-refractivity contribution in [2.75, 3.05) is 0 Å². The predicted molar refractivity (Wildman–Crippen MR) is 62.4 cm³/mol. The van der Waals surface area contributed by atoms with E-state index >= 15 is 0 Å². The van der Waals surface area contributed by atoms with Crippen LogP contribution in [0.4, 0.5) is 0 Å². The van der Waals surface area contributed by atoms with Gasteiger partial charge < -0.3 is 0 Å². The van der Waals surface area contributed by atoms with Crippen molar-refractivity contribution in [2.45, 2.75) is 13.5 Å². The van der Waals surface area contributed by atoms with E-state index in [4.69, 9.17) is 0 Å². The molecule has 2 nitrogen and oxygen atoms in total. The molecule has 1 aromatic heterocycles. The van der Waals surface area contributed by atoms with Crippen molar-refractivity contribution in [3.05, 3.63) is 59.9 Å². The summed E-state index contributed by atoms with van der Waals surface area (Å²) in [6.07, 6.45) is 6.21. The Hall–Kier alpha value is -1.83. The van der Waals surface area contributed by atoms with Gasteiger partial charge in [0, 0.05) is 6.20 Å². The van der Waals surface area contributed by atoms with Gasteiger partial charge in [0.25, 0.3) is 0 Å². The second-order valence-corrected chi connectivity index (χ2v) is 3.49. The minimum Gasteiger partial charge on any atom is -0.269 e. The average Bonchev–Trinajstić information content (AvgIpc) is 2.66. The molecule has 0 bridgehead atoms. The molecule has 0 saturated heterocycles. The van der Waals surface area contributed by atoms with Crippen LogP contribution in [0.25, 0.3) is 6.08 Å². The van der Waals surface area contributed by atoms with Crippen molar-refractivity contribution in [1.29, 1.82) is 0 Å². The average molecular weight is 198 g/mol. The number of aryl methyl sites for hydroxylation is 1. The lowest BCUT2D eigenvalue weighted by Crippen LogP contribution is -1.95. The monoisotopic (exact) mass is 198 g/mol. The van der Waals surface area contributed by atoms with E-state index in [9.17, 15) is 0 Å². The fraction of sp³-hybridized carbons (Fsp3) is 0.154. The van der Waals surface area contributed by atoms with Crippen LogP contribution in [0.2, 0.25) is 0 Å². The van der Waals surface area contributed by atoms with Gasteiger partial charge in [-0.05, 0) is 18.6 Å². The number of hydrogen-bond acceptors (Lipinski definition) is 1. The highest BCUT2D eigenvalue weighted by Gasteiger charge is 1.89. The summed E-state index contributed by atoms with van der Waals surface area (Å²) < 4.78 is 1.93. The first-order chi connectivity index (χ1) is 7.34. The fourth-order valence-corrected chi connectivity index (χ4v) is 1.43. The van der Waals surface area contributed by atoms with Crippen LogP contribution in [0.3, 0.4) is 0 Å². The minimum absolute atomic E-state index is 0.822. The molecule has 0 aliphatic rings. The molecule has 1 heterocycles. The lowest BCUT2D eigenvalue weighted by molar-refractivity contribution is 0.695. The van der Waals surface area contributed by atoms with Crippen LogP contribution in [0, 0.1) is 6.92 Å². The second-order valence-electron chi connectivity index (χ2n) is 3.49. The van der Waals surface area contributed by atoms with E-state index in [2.05, 4.69) is 29.4 Å². The Kier molecular flexibility index (Phi) is 2.98. The first-order valence-electron chi connectivity index (χ1n) is 5.06. The zero-order valence-corrected chi connectivity index (χ0v) is 8.80. The highest BCUT2D eigenvalue weighted by atomic mass is 15.3. The van der Waals surface area contributed by atoms with Crippen molar-refractivity contribution in [3.8, 4) is 0 Å². The molecule has 0 atom stereocenters. The van der Waals surface area contributed by atoms with Crippen LogP contribution in [-0.4, -0.2) is 9.78 Å². The summed E-state index contributed by atoms with van der Waals surface area (Å²) >= 11 is 0. The maximum Gasteiger partial charge on any atom is 0.0593 e. The van der Waals surface area contributed by atoms with Crippen LogP contribution in [0.15, 0.2) is 48.7 Å². The van der Waals surface area contributed by atoms with Crippen molar-refractivity contribution >= 4 is 6.08 Å². The quantitative estimate of drug-likeness (QED) is 0.741. The van der Waals surface area contributed by atoms with Gasteiger partial charge in [-0.15, -0.1) is 0 Å². The number of nitrogens with zero attached hydrogens (tertiary/aromatic N) is 2. The molecule has 2 heteroatoms. The summed E-state index contributed by atoms with van der Waals surface area (Å²) in [7, 11) is 0. The maximum absolute atomic E-state index is 4.31. The van der Waals surface area contributed by atoms with Crippen LogP contribution in [-0.2, 0) is 6.54 Å². The summed E-state index contributed by atoms with van der Waals surface area (Å²) in [5.74, 6) is 0. The largest absolute Gasteiger partial charge is 0.269 e. The van der Waals surface area contributed by atoms with Gasteiger partial charge in [-0.3, -0.25) is 4.68 Å².